The van der Waals surface area contributed by atoms with Gasteiger partial charge < -0.3 is 18.3 Å². The predicted molar refractivity (Wildman–Crippen MR) is 366 cm³/mol. The van der Waals surface area contributed by atoms with E-state index in [1.54, 1.807) is 72.8 Å². The zero-order chi connectivity index (χ0) is 69.7. The van der Waals surface area contributed by atoms with Gasteiger partial charge in [0.05, 0.1) is 23.3 Å². The van der Waals surface area contributed by atoms with Gasteiger partial charge in [0.1, 0.15) is 23.3 Å². The van der Waals surface area contributed by atoms with Gasteiger partial charge in [0.25, 0.3) is 0 Å². The van der Waals surface area contributed by atoms with E-state index in [-0.39, 0.29) is 144 Å². The fraction of sp³-hybridized carbons (Fsp3) is 0.291. The molecule has 4 aromatic heterocycles. The van der Waals surface area contributed by atoms with Crippen LogP contribution in [-0.4, -0.2) is 59.1 Å². The van der Waals surface area contributed by atoms with Crippen LogP contribution in [0.5, 0.6) is 0 Å². The Hall–Kier alpha value is -7.64. The molecule has 103 heavy (non-hydrogen) atoms. The standard InChI is InChI=1S/C22H22F2N3.C20H18F2N3.C19H18F2N3.C18H16F2N3.4Ir/c1-14-4-3-5-15(2)20(14)27-21(16-6-10-18(23)11-7-16)25-26-22(27)17-8-12-19(24)13-9-17;21-16-10-6-14(7-11-16)19-23-24-20(15-8-12-17(22)13-9-15)25(19)18-4-2-1-3-5-18;1-19(2,3)12-24-17(13-4-8-15(20)9-5-13)22-23-18(24)14-6-10-16(21)11-7-14;1-2-3-12-23-17(13-4-8-15(19)9-5-13)21-22-18(23)14-6-10-16(20)11-7-14;;;;/h6-8,10-15,20H,3-5H2,1-2H3;6-8,10-13,18H,1-5H2;4-6,8-11H,12H2,1-3H3;4-6,8-11H,2-3,12H2,1H3;;;;/q4*-1;;;;. The zero-order valence-corrected chi connectivity index (χ0v) is 66.8. The van der Waals surface area contributed by atoms with Crippen LogP contribution >= 0.6 is 0 Å². The summed E-state index contributed by atoms with van der Waals surface area (Å²) < 4.78 is 114. The molecule has 0 bridgehead atoms. The largest absolute Gasteiger partial charge is 0.347 e. The van der Waals surface area contributed by atoms with Gasteiger partial charge in [-0.25, -0.2) is 17.6 Å². The van der Waals surface area contributed by atoms with E-state index in [0.29, 0.717) is 81.4 Å². The number of halogens is 8. The number of hydrogen-bond acceptors (Lipinski definition) is 8. The number of nitrogens with zero attached hydrogens (tertiary/aromatic N) is 12. The van der Waals surface area contributed by atoms with Gasteiger partial charge in [-0.1, -0.05) is 73.6 Å². The molecule has 2 aliphatic carbocycles. The number of rotatable bonds is 14. The summed E-state index contributed by atoms with van der Waals surface area (Å²) in [5.74, 6) is 3.81. The van der Waals surface area contributed by atoms with E-state index >= 15 is 0 Å². The summed E-state index contributed by atoms with van der Waals surface area (Å²) in [5.41, 5.74) is 5.98. The van der Waals surface area contributed by atoms with Gasteiger partial charge in [-0.2, -0.15) is 20.4 Å². The van der Waals surface area contributed by atoms with Crippen LogP contribution in [0.3, 0.4) is 0 Å². The molecule has 24 heteroatoms. The smallest absolute Gasteiger partial charge is 0.155 e. The third-order valence-corrected chi connectivity index (χ3v) is 17.5. The maximum absolute atomic E-state index is 13.4. The molecule has 0 spiro atoms. The van der Waals surface area contributed by atoms with Gasteiger partial charge in [-0.3, -0.25) is 17.6 Å². The monoisotopic (exact) mass is 2110 g/mol. The Bertz CT molecular complexity index is 4300. The van der Waals surface area contributed by atoms with E-state index in [0.717, 1.165) is 86.0 Å². The normalized spacial score (nSPS) is 14.9. The average molecular weight is 2110 g/mol. The second-order valence-corrected chi connectivity index (χ2v) is 26.2. The van der Waals surface area contributed by atoms with Crippen LogP contribution in [0.25, 0.3) is 91.1 Å². The van der Waals surface area contributed by atoms with E-state index in [1.165, 1.54) is 110 Å². The van der Waals surface area contributed by atoms with Crippen LogP contribution in [-0.2, 0) is 93.5 Å². The minimum atomic E-state index is -0.348. The molecular formula is C79H74F8Ir4N12-4. The Labute approximate surface area is 649 Å². The van der Waals surface area contributed by atoms with Crippen molar-refractivity contribution in [3.8, 4) is 91.1 Å². The van der Waals surface area contributed by atoms with Crippen molar-refractivity contribution >= 4 is 0 Å². The second kappa shape index (κ2) is 38.4. The van der Waals surface area contributed by atoms with Crippen LogP contribution in [0.1, 0.15) is 118 Å². The van der Waals surface area contributed by atoms with Crippen LogP contribution in [0.15, 0.2) is 170 Å². The summed E-state index contributed by atoms with van der Waals surface area (Å²) in [6.45, 7) is 14.3. The first-order valence-electron chi connectivity index (χ1n) is 33.3. The molecule has 0 aliphatic heterocycles. The molecule has 2 atom stereocenters. The molecule has 2 saturated carbocycles. The third-order valence-electron chi connectivity index (χ3n) is 17.5. The molecule has 2 aliphatic rings. The molecular weight excluding hydrogens is 2040 g/mol. The fourth-order valence-corrected chi connectivity index (χ4v) is 12.6. The van der Waals surface area contributed by atoms with Crippen LogP contribution in [0.4, 0.5) is 35.1 Å². The van der Waals surface area contributed by atoms with Crippen LogP contribution in [0.2, 0.25) is 0 Å². The van der Waals surface area contributed by atoms with Gasteiger partial charge in [0.2, 0.25) is 0 Å². The number of benzene rings is 8. The minimum Gasteiger partial charge on any atom is -0.347 e. The third kappa shape index (κ3) is 21.1. The first-order valence-corrected chi connectivity index (χ1v) is 33.3. The molecule has 14 rings (SSSR count). The minimum absolute atomic E-state index is 0. The Balaban J connectivity index is 0.000000190. The molecule has 8 aromatic carbocycles. The molecule has 0 N–H and O–H groups in total. The van der Waals surface area contributed by atoms with Crippen molar-refractivity contribution in [2.45, 2.75) is 131 Å². The van der Waals surface area contributed by atoms with E-state index in [2.05, 4.69) is 116 Å². The number of aromatic nitrogens is 12. The zero-order valence-electron chi connectivity index (χ0n) is 57.2. The SMILES string of the molecule is CC(C)(C)Cn1c(-c2[c-]cc(F)cc2)nnc1-c1ccc(F)cc1.CC1CCCC(C)C1n1c(-c2[c-]cc(F)cc2)nnc1-c1ccc(F)cc1.CCCCn1c(-c2[c-]cc(F)cc2)nnc1-c1ccc(F)cc1.Fc1c[c-]c(-c2nnc(-c3ccc(F)cc3)n2C2CCCCC2)cc1.[Ir].[Ir].[Ir].[Ir]. The number of hydrogen-bond donors (Lipinski definition) is 0. The summed E-state index contributed by atoms with van der Waals surface area (Å²) in [6.07, 6.45) is 11.2. The average Bonchev–Trinajstić information content (AvgIpc) is 1.67. The van der Waals surface area contributed by atoms with Crippen molar-refractivity contribution in [3.05, 3.63) is 241 Å². The Morgan fingerprint density at radius 2 is 0.650 bits per heavy atom. The molecule has 546 valence electrons. The fourth-order valence-electron chi connectivity index (χ4n) is 12.6. The van der Waals surface area contributed by atoms with E-state index in [9.17, 15) is 35.1 Å². The summed E-state index contributed by atoms with van der Waals surface area (Å²) >= 11 is 0. The molecule has 4 heterocycles. The summed E-state index contributed by atoms with van der Waals surface area (Å²) in [5, 5.41) is 34.6. The van der Waals surface area contributed by atoms with Gasteiger partial charge >= 0.3 is 0 Å². The summed E-state index contributed by atoms with van der Waals surface area (Å²) in [6, 6.07) is 54.5. The van der Waals surface area contributed by atoms with Crippen molar-refractivity contribution in [1.29, 1.82) is 0 Å². The topological polar surface area (TPSA) is 123 Å². The number of unbranched alkanes of at least 4 members (excludes halogenated alkanes) is 1. The van der Waals surface area contributed by atoms with Crippen LogP contribution < -0.4 is 0 Å². The Morgan fingerprint density at radius 1 is 0.350 bits per heavy atom. The van der Waals surface area contributed by atoms with Crippen LogP contribution in [0, 0.1) is 88.1 Å². The molecule has 4 radical (unpaired) electrons. The Kier molecular flexibility index (Phi) is 30.8. The first kappa shape index (κ1) is 82.6. The summed E-state index contributed by atoms with van der Waals surface area (Å²) in [4.78, 5) is 0. The Morgan fingerprint density at radius 3 is 1.01 bits per heavy atom. The van der Waals surface area contributed by atoms with Gasteiger partial charge in [0.15, 0.2) is 23.3 Å². The first-order chi connectivity index (χ1) is 47.8. The molecule has 0 saturated heterocycles. The van der Waals surface area contributed by atoms with E-state index in [4.69, 9.17) is 0 Å². The summed E-state index contributed by atoms with van der Waals surface area (Å²) in [7, 11) is 0. The maximum Gasteiger partial charge on any atom is 0.155 e. The van der Waals surface area contributed by atoms with Crippen molar-refractivity contribution in [2.75, 3.05) is 0 Å². The van der Waals surface area contributed by atoms with Gasteiger partial charge in [0, 0.05) is 151 Å². The maximum atomic E-state index is 13.4. The van der Waals surface area contributed by atoms with Crippen molar-refractivity contribution in [1.82, 2.24) is 59.1 Å². The van der Waals surface area contributed by atoms with Gasteiger partial charge in [-0.15, -0.1) is 140 Å². The van der Waals surface area contributed by atoms with E-state index < -0.39 is 0 Å². The molecule has 2 fully saturated rings. The second-order valence-electron chi connectivity index (χ2n) is 26.2. The van der Waals surface area contributed by atoms with Crippen molar-refractivity contribution in [3.63, 3.8) is 0 Å². The van der Waals surface area contributed by atoms with Crippen molar-refractivity contribution in [2.24, 2.45) is 17.3 Å². The molecule has 12 nitrogen and oxygen atoms in total. The molecule has 12 aromatic rings. The molecule has 0 amide bonds. The van der Waals surface area contributed by atoms with Crippen molar-refractivity contribution < 1.29 is 116 Å². The van der Waals surface area contributed by atoms with Gasteiger partial charge in [-0.05, 0) is 146 Å². The predicted octanol–water partition coefficient (Wildman–Crippen LogP) is 20.1. The quantitative estimate of drug-likeness (QED) is 0.0779. The van der Waals surface area contributed by atoms with E-state index in [1.807, 2.05) is 9.13 Å². The molecule has 2 unspecified atom stereocenters.